The molecule has 0 fully saturated rings. The van der Waals surface area contributed by atoms with E-state index in [1.165, 1.54) is 12.1 Å². The molecule has 9 heteroatoms. The zero-order valence-corrected chi connectivity index (χ0v) is 15.5. The maximum absolute atomic E-state index is 13.6. The summed E-state index contributed by atoms with van der Waals surface area (Å²) in [5, 5.41) is 6.35. The quantitative estimate of drug-likeness (QED) is 0.527. The van der Waals surface area contributed by atoms with E-state index < -0.39 is 29.1 Å². The van der Waals surface area contributed by atoms with Crippen LogP contribution in [-0.4, -0.2) is 26.0 Å². The highest BCUT2D eigenvalue weighted by molar-refractivity contribution is 5.94. The van der Waals surface area contributed by atoms with Gasteiger partial charge in [-0.2, -0.15) is 18.3 Å². The standard InChI is InChI=1S/C20H16F4N4O/c1-4-19(3,5-2)26-18(29)15-11-17-25-14(12-6-8-13(21)9-7-12)10-16(20(22,23)24)28(17)27-15/h1,6-11H,5H2,2-3H3,(H,26,29)/t19-/m1/s1. The first-order chi connectivity index (χ1) is 13.6. The van der Waals surface area contributed by atoms with Gasteiger partial charge in [-0.15, -0.1) is 6.42 Å². The Bertz CT molecular complexity index is 1110. The topological polar surface area (TPSA) is 59.3 Å². The van der Waals surface area contributed by atoms with E-state index in [-0.39, 0.29) is 22.6 Å². The van der Waals surface area contributed by atoms with E-state index in [4.69, 9.17) is 6.42 Å². The Hall–Kier alpha value is -3.41. The highest BCUT2D eigenvalue weighted by atomic mass is 19.4. The Morgan fingerprint density at radius 3 is 2.45 bits per heavy atom. The molecule has 1 aromatic carbocycles. The molecule has 0 saturated carbocycles. The third-order valence-electron chi connectivity index (χ3n) is 4.51. The zero-order chi connectivity index (χ0) is 21.4. The molecule has 2 heterocycles. The van der Waals surface area contributed by atoms with Crippen LogP contribution in [-0.2, 0) is 6.18 Å². The van der Waals surface area contributed by atoms with Crippen molar-refractivity contribution in [2.45, 2.75) is 32.0 Å². The fourth-order valence-corrected chi connectivity index (χ4v) is 2.60. The lowest BCUT2D eigenvalue weighted by Gasteiger charge is -2.22. The van der Waals surface area contributed by atoms with Gasteiger partial charge in [-0.25, -0.2) is 13.9 Å². The van der Waals surface area contributed by atoms with Gasteiger partial charge in [0.15, 0.2) is 17.0 Å². The predicted molar refractivity (Wildman–Crippen MR) is 98.4 cm³/mol. The summed E-state index contributed by atoms with van der Waals surface area (Å²) in [6, 6.07) is 6.82. The van der Waals surface area contributed by atoms with Gasteiger partial charge < -0.3 is 5.32 Å². The summed E-state index contributed by atoms with van der Waals surface area (Å²) in [6.45, 7) is 3.38. The molecule has 150 valence electrons. The normalized spacial score (nSPS) is 13.7. The molecule has 0 aliphatic rings. The lowest BCUT2D eigenvalue weighted by Crippen LogP contribution is -2.44. The number of halogens is 4. The summed E-state index contributed by atoms with van der Waals surface area (Å²) in [6.07, 6.45) is 1.08. The average Bonchev–Trinajstić information content (AvgIpc) is 3.11. The van der Waals surface area contributed by atoms with E-state index >= 15 is 0 Å². The summed E-state index contributed by atoms with van der Waals surface area (Å²) in [5.74, 6) is 1.20. The molecular weight excluding hydrogens is 388 g/mol. The Labute approximate surface area is 163 Å². The molecule has 3 rings (SSSR count). The van der Waals surface area contributed by atoms with Crippen LogP contribution in [0.1, 0.15) is 36.5 Å². The molecule has 1 N–H and O–H groups in total. The number of hydrogen-bond donors (Lipinski definition) is 1. The molecule has 0 saturated heterocycles. The average molecular weight is 404 g/mol. The molecular formula is C20H16F4N4O. The third-order valence-corrected chi connectivity index (χ3v) is 4.51. The molecule has 3 aromatic rings. The molecule has 0 unspecified atom stereocenters. The molecule has 0 aliphatic carbocycles. The van der Waals surface area contributed by atoms with Crippen LogP contribution in [0, 0.1) is 18.2 Å². The molecule has 1 atom stereocenters. The zero-order valence-electron chi connectivity index (χ0n) is 15.5. The SMILES string of the molecule is C#C[C@](C)(CC)NC(=O)c1cc2nc(-c3ccc(F)cc3)cc(C(F)(F)F)n2n1. The van der Waals surface area contributed by atoms with Crippen molar-refractivity contribution in [2.75, 3.05) is 0 Å². The molecule has 29 heavy (non-hydrogen) atoms. The number of carbonyl (C=O) groups is 1. The van der Waals surface area contributed by atoms with E-state index in [9.17, 15) is 22.4 Å². The Morgan fingerprint density at radius 1 is 1.24 bits per heavy atom. The first kappa shape index (κ1) is 20.3. The second-order valence-corrected chi connectivity index (χ2v) is 6.61. The van der Waals surface area contributed by atoms with Crippen LogP contribution in [0.2, 0.25) is 0 Å². The Balaban J connectivity index is 2.12. The second-order valence-electron chi connectivity index (χ2n) is 6.61. The maximum atomic E-state index is 13.6. The summed E-state index contributed by atoms with van der Waals surface area (Å²) in [7, 11) is 0. The monoisotopic (exact) mass is 404 g/mol. The Morgan fingerprint density at radius 2 is 1.90 bits per heavy atom. The maximum Gasteiger partial charge on any atom is 0.433 e. The van der Waals surface area contributed by atoms with Crippen LogP contribution in [0.15, 0.2) is 36.4 Å². The summed E-state index contributed by atoms with van der Waals surface area (Å²) in [4.78, 5) is 16.6. The van der Waals surface area contributed by atoms with Crippen molar-refractivity contribution >= 4 is 11.6 Å². The number of aromatic nitrogens is 3. The summed E-state index contributed by atoms with van der Waals surface area (Å²) < 4.78 is 54.5. The fourth-order valence-electron chi connectivity index (χ4n) is 2.60. The molecule has 0 radical (unpaired) electrons. The predicted octanol–water partition coefficient (Wildman–Crippen LogP) is 4.09. The highest BCUT2D eigenvalue weighted by Crippen LogP contribution is 2.32. The highest BCUT2D eigenvalue weighted by Gasteiger charge is 2.36. The summed E-state index contributed by atoms with van der Waals surface area (Å²) in [5.41, 5.74) is -2.25. The van der Waals surface area contributed by atoms with Crippen molar-refractivity contribution in [3.05, 3.63) is 53.6 Å². The van der Waals surface area contributed by atoms with Crippen molar-refractivity contribution in [1.29, 1.82) is 0 Å². The lowest BCUT2D eigenvalue weighted by molar-refractivity contribution is -0.142. The van der Waals surface area contributed by atoms with E-state index in [2.05, 4.69) is 21.3 Å². The van der Waals surface area contributed by atoms with Gasteiger partial charge in [0.1, 0.15) is 5.82 Å². The number of nitrogens with zero attached hydrogens (tertiary/aromatic N) is 3. The van der Waals surface area contributed by atoms with E-state index in [1.807, 2.05) is 0 Å². The van der Waals surface area contributed by atoms with Gasteiger partial charge >= 0.3 is 6.18 Å². The smallest absolute Gasteiger partial charge is 0.335 e. The van der Waals surface area contributed by atoms with Gasteiger partial charge in [-0.05, 0) is 43.7 Å². The van der Waals surface area contributed by atoms with Crippen LogP contribution >= 0.6 is 0 Å². The first-order valence-electron chi connectivity index (χ1n) is 8.60. The molecule has 2 aromatic heterocycles. The van der Waals surface area contributed by atoms with Gasteiger partial charge in [0.05, 0.1) is 11.2 Å². The van der Waals surface area contributed by atoms with Gasteiger partial charge in [0.2, 0.25) is 0 Å². The van der Waals surface area contributed by atoms with Crippen molar-refractivity contribution < 1.29 is 22.4 Å². The number of alkyl halides is 3. The number of carbonyl (C=O) groups excluding carboxylic acids is 1. The van der Waals surface area contributed by atoms with E-state index in [0.29, 0.717) is 10.9 Å². The van der Waals surface area contributed by atoms with Crippen LogP contribution in [0.25, 0.3) is 16.9 Å². The third kappa shape index (κ3) is 4.06. The fraction of sp³-hybridized carbons (Fsp3) is 0.250. The number of amides is 1. The molecule has 0 bridgehead atoms. The minimum atomic E-state index is -4.76. The number of benzene rings is 1. The van der Waals surface area contributed by atoms with Gasteiger partial charge in [0.25, 0.3) is 5.91 Å². The second kappa shape index (κ2) is 7.20. The van der Waals surface area contributed by atoms with Crippen molar-refractivity contribution in [2.24, 2.45) is 0 Å². The van der Waals surface area contributed by atoms with Gasteiger partial charge in [0, 0.05) is 11.6 Å². The molecule has 1 amide bonds. The molecule has 5 nitrogen and oxygen atoms in total. The van der Waals surface area contributed by atoms with Crippen LogP contribution in [0.3, 0.4) is 0 Å². The van der Waals surface area contributed by atoms with Crippen molar-refractivity contribution in [1.82, 2.24) is 19.9 Å². The summed E-state index contributed by atoms with van der Waals surface area (Å²) >= 11 is 0. The largest absolute Gasteiger partial charge is 0.433 e. The van der Waals surface area contributed by atoms with Crippen molar-refractivity contribution in [3.8, 4) is 23.6 Å². The van der Waals surface area contributed by atoms with Gasteiger partial charge in [-0.1, -0.05) is 12.8 Å². The minimum absolute atomic E-state index is 0.0290. The van der Waals surface area contributed by atoms with Crippen LogP contribution in [0.4, 0.5) is 17.6 Å². The van der Waals surface area contributed by atoms with Crippen molar-refractivity contribution in [3.63, 3.8) is 0 Å². The molecule has 0 aliphatic heterocycles. The number of hydrogen-bond acceptors (Lipinski definition) is 3. The number of rotatable bonds is 4. The van der Waals surface area contributed by atoms with E-state index in [0.717, 1.165) is 24.3 Å². The number of terminal acetylenes is 1. The van der Waals surface area contributed by atoms with Crippen LogP contribution in [0.5, 0.6) is 0 Å². The van der Waals surface area contributed by atoms with Crippen LogP contribution < -0.4 is 5.32 Å². The van der Waals surface area contributed by atoms with Gasteiger partial charge in [-0.3, -0.25) is 4.79 Å². The van der Waals surface area contributed by atoms with E-state index in [1.54, 1.807) is 13.8 Å². The minimum Gasteiger partial charge on any atom is -0.335 e. The number of nitrogens with one attached hydrogen (secondary N) is 1. The Kier molecular flexibility index (Phi) is 5.05. The molecule has 0 spiro atoms. The lowest BCUT2D eigenvalue weighted by atomic mass is 10.0. The first-order valence-corrected chi connectivity index (χ1v) is 8.60. The number of fused-ring (bicyclic) bond motifs is 1.